The van der Waals surface area contributed by atoms with E-state index in [1.807, 2.05) is 0 Å². The monoisotopic (exact) mass is 327 g/mol. The van der Waals surface area contributed by atoms with Gasteiger partial charge in [-0.05, 0) is 12.8 Å². The lowest BCUT2D eigenvalue weighted by atomic mass is 10.3. The normalized spacial score (nSPS) is 14.5. The fraction of sp³-hybridized carbons (Fsp3) is 1.00. The van der Waals surface area contributed by atoms with Gasteiger partial charge >= 0.3 is 7.60 Å². The molecule has 0 heterocycles. The maximum absolute atomic E-state index is 11.8. The van der Waals surface area contributed by atoms with Gasteiger partial charge in [-0.1, -0.05) is 19.8 Å². The standard InChI is InChI=1S/C13H30NO6P/c1-2-3-4-10-19-11-5-12-20-21(17,18)13-14(6-8-15)7-9-16/h15-16H,2-13H2,1H3,(H,17,18). The first kappa shape index (κ1) is 21.0. The van der Waals surface area contributed by atoms with Crippen LogP contribution in [0.3, 0.4) is 0 Å². The van der Waals surface area contributed by atoms with Gasteiger partial charge in [0.25, 0.3) is 0 Å². The van der Waals surface area contributed by atoms with Gasteiger partial charge in [-0.2, -0.15) is 0 Å². The zero-order chi connectivity index (χ0) is 16.0. The van der Waals surface area contributed by atoms with Crippen LogP contribution >= 0.6 is 7.60 Å². The average Bonchev–Trinajstić information content (AvgIpc) is 2.42. The molecule has 0 aliphatic rings. The number of nitrogens with zero attached hydrogens (tertiary/aromatic N) is 1. The minimum Gasteiger partial charge on any atom is -0.395 e. The Labute approximate surface area is 127 Å². The third kappa shape index (κ3) is 13.4. The molecule has 0 aromatic rings. The van der Waals surface area contributed by atoms with Crippen LogP contribution in [-0.2, 0) is 13.8 Å². The van der Waals surface area contributed by atoms with E-state index in [-0.39, 0.29) is 39.2 Å². The lowest BCUT2D eigenvalue weighted by molar-refractivity contribution is 0.112. The van der Waals surface area contributed by atoms with Crippen molar-refractivity contribution in [2.24, 2.45) is 0 Å². The summed E-state index contributed by atoms with van der Waals surface area (Å²) in [4.78, 5) is 11.2. The molecule has 8 heteroatoms. The van der Waals surface area contributed by atoms with Crippen LogP contribution in [0.1, 0.15) is 32.6 Å². The quantitative estimate of drug-likeness (QED) is 0.305. The molecule has 1 atom stereocenters. The molecule has 0 amide bonds. The molecule has 7 nitrogen and oxygen atoms in total. The highest BCUT2D eigenvalue weighted by Gasteiger charge is 2.23. The molecule has 0 aliphatic heterocycles. The molecule has 0 aromatic heterocycles. The van der Waals surface area contributed by atoms with E-state index >= 15 is 0 Å². The summed E-state index contributed by atoms with van der Waals surface area (Å²) in [6, 6.07) is 0. The van der Waals surface area contributed by atoms with Gasteiger partial charge in [0.15, 0.2) is 0 Å². The molecule has 0 saturated carbocycles. The number of rotatable bonds is 15. The van der Waals surface area contributed by atoms with Crippen LogP contribution in [0.25, 0.3) is 0 Å². The second kappa shape index (κ2) is 13.6. The van der Waals surface area contributed by atoms with Crippen molar-refractivity contribution >= 4 is 7.60 Å². The SMILES string of the molecule is CCCCCOCCCOP(=O)(O)CN(CCO)CCO. The van der Waals surface area contributed by atoms with Crippen molar-refractivity contribution in [2.75, 3.05) is 52.4 Å². The van der Waals surface area contributed by atoms with E-state index in [9.17, 15) is 9.46 Å². The van der Waals surface area contributed by atoms with Gasteiger partial charge in [-0.15, -0.1) is 0 Å². The van der Waals surface area contributed by atoms with Crippen LogP contribution < -0.4 is 0 Å². The number of hydrogen-bond donors (Lipinski definition) is 3. The molecule has 0 spiro atoms. The van der Waals surface area contributed by atoms with Gasteiger partial charge in [-0.25, -0.2) is 0 Å². The molecule has 0 radical (unpaired) electrons. The Hall–Kier alpha value is -0.0100. The number of hydrogen-bond acceptors (Lipinski definition) is 6. The van der Waals surface area contributed by atoms with Gasteiger partial charge in [0.2, 0.25) is 0 Å². The molecule has 1 unspecified atom stereocenters. The van der Waals surface area contributed by atoms with Crippen molar-refractivity contribution in [1.29, 1.82) is 0 Å². The first-order chi connectivity index (χ1) is 10.1. The first-order valence-corrected chi connectivity index (χ1v) is 9.30. The van der Waals surface area contributed by atoms with Gasteiger partial charge < -0.3 is 24.4 Å². The molecule has 0 aromatic carbocycles. The highest BCUT2D eigenvalue weighted by molar-refractivity contribution is 7.52. The van der Waals surface area contributed by atoms with Crippen LogP contribution in [0.2, 0.25) is 0 Å². The lowest BCUT2D eigenvalue weighted by Crippen LogP contribution is -2.31. The van der Waals surface area contributed by atoms with Crippen molar-refractivity contribution in [3.05, 3.63) is 0 Å². The van der Waals surface area contributed by atoms with E-state index in [4.69, 9.17) is 19.5 Å². The average molecular weight is 327 g/mol. The van der Waals surface area contributed by atoms with E-state index in [1.54, 1.807) is 0 Å². The Morgan fingerprint density at radius 3 is 2.19 bits per heavy atom. The van der Waals surface area contributed by atoms with E-state index < -0.39 is 7.60 Å². The molecule has 0 rings (SSSR count). The molecule has 21 heavy (non-hydrogen) atoms. The summed E-state index contributed by atoms with van der Waals surface area (Å²) in [7, 11) is -3.73. The predicted octanol–water partition coefficient (Wildman–Crippen LogP) is 1.03. The van der Waals surface area contributed by atoms with Crippen molar-refractivity contribution in [3.63, 3.8) is 0 Å². The smallest absolute Gasteiger partial charge is 0.342 e. The summed E-state index contributed by atoms with van der Waals surface area (Å²) < 4.78 is 22.2. The van der Waals surface area contributed by atoms with Gasteiger partial charge in [-0.3, -0.25) is 9.46 Å². The zero-order valence-corrected chi connectivity index (χ0v) is 13.8. The van der Waals surface area contributed by atoms with Crippen LogP contribution in [0.15, 0.2) is 0 Å². The van der Waals surface area contributed by atoms with E-state index in [2.05, 4.69) is 6.92 Å². The molecular formula is C13H30NO6P. The summed E-state index contributed by atoms with van der Waals surface area (Å²) in [5, 5.41) is 17.7. The van der Waals surface area contributed by atoms with Crippen molar-refractivity contribution < 1.29 is 28.9 Å². The summed E-state index contributed by atoms with van der Waals surface area (Å²) in [5.74, 6) is 0. The molecule has 3 N–H and O–H groups in total. The zero-order valence-electron chi connectivity index (χ0n) is 12.9. The van der Waals surface area contributed by atoms with Crippen LogP contribution in [-0.4, -0.2) is 72.4 Å². The van der Waals surface area contributed by atoms with Crippen molar-refractivity contribution in [2.45, 2.75) is 32.6 Å². The Bertz CT molecular complexity index is 273. The van der Waals surface area contributed by atoms with Crippen LogP contribution in [0.5, 0.6) is 0 Å². The number of aliphatic hydroxyl groups excluding tert-OH is 2. The summed E-state index contributed by atoms with van der Waals surface area (Å²) >= 11 is 0. The summed E-state index contributed by atoms with van der Waals surface area (Å²) in [6.45, 7) is 3.71. The lowest BCUT2D eigenvalue weighted by Gasteiger charge is -2.22. The Kier molecular flexibility index (Phi) is 13.6. The van der Waals surface area contributed by atoms with E-state index in [1.165, 1.54) is 4.90 Å². The molecule has 128 valence electrons. The third-order valence-corrected chi connectivity index (χ3v) is 4.17. The van der Waals surface area contributed by atoms with Crippen molar-refractivity contribution in [3.8, 4) is 0 Å². The maximum Gasteiger partial charge on any atom is 0.342 e. The Morgan fingerprint density at radius 2 is 1.62 bits per heavy atom. The largest absolute Gasteiger partial charge is 0.395 e. The fourth-order valence-corrected chi connectivity index (χ4v) is 3.04. The van der Waals surface area contributed by atoms with Gasteiger partial charge in [0.1, 0.15) is 6.29 Å². The molecule has 0 fully saturated rings. The molecule has 0 saturated heterocycles. The Morgan fingerprint density at radius 1 is 1.00 bits per heavy atom. The van der Waals surface area contributed by atoms with Crippen molar-refractivity contribution in [1.82, 2.24) is 4.90 Å². The molecule has 0 bridgehead atoms. The number of ether oxygens (including phenoxy) is 1. The summed E-state index contributed by atoms with van der Waals surface area (Å²) in [5.41, 5.74) is 0. The second-order valence-electron chi connectivity index (χ2n) is 4.85. The predicted molar refractivity (Wildman–Crippen MR) is 81.3 cm³/mol. The Balaban J connectivity index is 3.73. The first-order valence-electron chi connectivity index (χ1n) is 7.54. The van der Waals surface area contributed by atoms with Crippen LogP contribution in [0, 0.1) is 0 Å². The van der Waals surface area contributed by atoms with E-state index in [0.717, 1.165) is 19.3 Å². The third-order valence-electron chi connectivity index (χ3n) is 2.83. The molecule has 0 aliphatic carbocycles. The second-order valence-corrected chi connectivity index (χ2v) is 6.67. The van der Waals surface area contributed by atoms with Crippen LogP contribution in [0.4, 0.5) is 0 Å². The highest BCUT2D eigenvalue weighted by Crippen LogP contribution is 2.42. The topological polar surface area (TPSA) is 99.5 Å². The molecular weight excluding hydrogens is 297 g/mol. The highest BCUT2D eigenvalue weighted by atomic mass is 31.2. The minimum atomic E-state index is -3.73. The number of aliphatic hydroxyl groups is 2. The van der Waals surface area contributed by atoms with Gasteiger partial charge in [0.05, 0.1) is 19.8 Å². The van der Waals surface area contributed by atoms with E-state index in [0.29, 0.717) is 19.6 Å². The maximum atomic E-state index is 11.8. The summed E-state index contributed by atoms with van der Waals surface area (Å²) in [6.07, 6.45) is 3.71. The fourth-order valence-electron chi connectivity index (χ4n) is 1.75. The number of unbranched alkanes of at least 4 members (excludes halogenated alkanes) is 2. The van der Waals surface area contributed by atoms with Gasteiger partial charge in [0, 0.05) is 26.3 Å². The minimum absolute atomic E-state index is 0.133.